The van der Waals surface area contributed by atoms with Gasteiger partial charge in [0.05, 0.1) is 12.8 Å². The van der Waals surface area contributed by atoms with Crippen molar-refractivity contribution in [2.24, 2.45) is 5.92 Å². The minimum absolute atomic E-state index is 0.221. The van der Waals surface area contributed by atoms with Crippen molar-refractivity contribution >= 4 is 28.0 Å². The molecule has 5 nitrogen and oxygen atoms in total. The number of nitriles is 1. The van der Waals surface area contributed by atoms with E-state index in [1.165, 1.54) is 37.7 Å². The third-order valence-electron chi connectivity index (χ3n) is 4.20. The number of carbonyl (C=O) groups excluding carboxylic acids is 1. The summed E-state index contributed by atoms with van der Waals surface area (Å²) < 4.78 is 4.78. The zero-order chi connectivity index (χ0) is 15.4. The maximum Gasteiger partial charge on any atom is 0.343 e. The minimum Gasteiger partial charge on any atom is -0.465 e. The molecule has 0 radical (unpaired) electrons. The van der Waals surface area contributed by atoms with Crippen molar-refractivity contribution in [3.8, 4) is 6.07 Å². The van der Waals surface area contributed by atoms with Gasteiger partial charge < -0.3 is 15.8 Å². The van der Waals surface area contributed by atoms with E-state index in [2.05, 4.69) is 12.2 Å². The van der Waals surface area contributed by atoms with Crippen LogP contribution in [0.2, 0.25) is 0 Å². The summed E-state index contributed by atoms with van der Waals surface area (Å²) in [5.74, 6) is 0.321. The van der Waals surface area contributed by atoms with Gasteiger partial charge in [0, 0.05) is 6.04 Å². The molecule has 1 aliphatic carbocycles. The van der Waals surface area contributed by atoms with Crippen LogP contribution in [0.15, 0.2) is 0 Å². The molecule has 1 saturated carbocycles. The second-order valence-electron chi connectivity index (χ2n) is 5.42. The molecule has 2 rings (SSSR count). The smallest absolute Gasteiger partial charge is 0.343 e. The van der Waals surface area contributed by atoms with Crippen molar-refractivity contribution in [3.63, 3.8) is 0 Å². The number of nitrogens with one attached hydrogen (secondary N) is 1. The van der Waals surface area contributed by atoms with Crippen LogP contribution in [0.3, 0.4) is 0 Å². The summed E-state index contributed by atoms with van der Waals surface area (Å²) in [4.78, 5) is 12.2. The summed E-state index contributed by atoms with van der Waals surface area (Å²) in [5, 5.41) is 13.1. The average molecular weight is 307 g/mol. The molecule has 21 heavy (non-hydrogen) atoms. The Hall–Kier alpha value is -1.74. The predicted octanol–water partition coefficient (Wildman–Crippen LogP) is 3.37. The van der Waals surface area contributed by atoms with Crippen molar-refractivity contribution in [1.29, 1.82) is 5.26 Å². The molecule has 1 heterocycles. The molecule has 0 aliphatic heterocycles. The summed E-state index contributed by atoms with van der Waals surface area (Å²) in [5.41, 5.74) is 6.41. The SMILES string of the molecule is CCC1CCC(Nc2sc(C#N)c(N)c2C(=O)OC)CC1. The van der Waals surface area contributed by atoms with Gasteiger partial charge in [-0.15, -0.1) is 11.3 Å². The van der Waals surface area contributed by atoms with Gasteiger partial charge in [0.25, 0.3) is 0 Å². The van der Waals surface area contributed by atoms with E-state index in [1.807, 2.05) is 6.07 Å². The highest BCUT2D eigenvalue weighted by atomic mass is 32.1. The van der Waals surface area contributed by atoms with Crippen LogP contribution in [-0.4, -0.2) is 19.1 Å². The second-order valence-corrected chi connectivity index (χ2v) is 6.44. The highest BCUT2D eigenvalue weighted by Gasteiger charge is 2.26. The number of nitrogens with zero attached hydrogens (tertiary/aromatic N) is 1. The van der Waals surface area contributed by atoms with E-state index in [4.69, 9.17) is 15.7 Å². The largest absolute Gasteiger partial charge is 0.465 e. The topological polar surface area (TPSA) is 88.1 Å². The Morgan fingerprint density at radius 3 is 2.67 bits per heavy atom. The van der Waals surface area contributed by atoms with Gasteiger partial charge in [-0.2, -0.15) is 5.26 Å². The second kappa shape index (κ2) is 6.81. The number of rotatable bonds is 4. The Morgan fingerprint density at radius 2 is 2.14 bits per heavy atom. The zero-order valence-corrected chi connectivity index (χ0v) is 13.3. The molecule has 0 atom stereocenters. The van der Waals surface area contributed by atoms with Gasteiger partial charge in [-0.3, -0.25) is 0 Å². The molecule has 0 aromatic carbocycles. The fourth-order valence-corrected chi connectivity index (χ4v) is 3.82. The molecule has 0 bridgehead atoms. The van der Waals surface area contributed by atoms with Crippen molar-refractivity contribution in [2.75, 3.05) is 18.2 Å². The number of methoxy groups -OCH3 is 1. The van der Waals surface area contributed by atoms with Crippen LogP contribution in [0.25, 0.3) is 0 Å². The van der Waals surface area contributed by atoms with Crippen LogP contribution in [0.1, 0.15) is 54.3 Å². The quantitative estimate of drug-likeness (QED) is 0.833. The summed E-state index contributed by atoms with van der Waals surface area (Å²) in [6.07, 6.45) is 5.80. The van der Waals surface area contributed by atoms with Crippen LogP contribution >= 0.6 is 11.3 Å². The summed E-state index contributed by atoms with van der Waals surface area (Å²) in [6.45, 7) is 2.23. The van der Waals surface area contributed by atoms with Crippen LogP contribution in [-0.2, 0) is 4.74 Å². The van der Waals surface area contributed by atoms with E-state index in [-0.39, 0.29) is 5.69 Å². The molecule has 0 amide bonds. The van der Waals surface area contributed by atoms with E-state index in [9.17, 15) is 4.79 Å². The first-order chi connectivity index (χ1) is 10.1. The summed E-state index contributed by atoms with van der Waals surface area (Å²) >= 11 is 1.23. The predicted molar refractivity (Wildman–Crippen MR) is 84.4 cm³/mol. The Labute approximate surface area is 129 Å². The maximum atomic E-state index is 11.9. The van der Waals surface area contributed by atoms with Gasteiger partial charge in [0.2, 0.25) is 0 Å². The van der Waals surface area contributed by atoms with Gasteiger partial charge >= 0.3 is 5.97 Å². The van der Waals surface area contributed by atoms with Gasteiger partial charge in [0.15, 0.2) is 0 Å². The van der Waals surface area contributed by atoms with E-state index in [1.54, 1.807) is 0 Å². The number of ether oxygens (including phenoxy) is 1. The van der Waals surface area contributed by atoms with Crippen LogP contribution < -0.4 is 11.1 Å². The van der Waals surface area contributed by atoms with Gasteiger partial charge in [-0.05, 0) is 31.6 Å². The number of nitrogens with two attached hydrogens (primary N) is 1. The monoisotopic (exact) mass is 307 g/mol. The molecule has 1 aromatic rings. The molecule has 3 N–H and O–H groups in total. The molecule has 114 valence electrons. The van der Waals surface area contributed by atoms with Gasteiger partial charge in [-0.1, -0.05) is 13.3 Å². The fourth-order valence-electron chi connectivity index (χ4n) is 2.83. The number of anilines is 2. The maximum absolute atomic E-state index is 11.9. The van der Waals surface area contributed by atoms with E-state index in [0.717, 1.165) is 18.8 Å². The number of esters is 1. The Kier molecular flexibility index (Phi) is 5.07. The zero-order valence-electron chi connectivity index (χ0n) is 12.4. The summed E-state index contributed by atoms with van der Waals surface area (Å²) in [6, 6.07) is 2.37. The molecule has 1 aliphatic rings. The lowest BCUT2D eigenvalue weighted by atomic mass is 9.84. The molecule has 0 spiro atoms. The van der Waals surface area contributed by atoms with Crippen molar-refractivity contribution in [3.05, 3.63) is 10.4 Å². The standard InChI is InChI=1S/C15H21N3O2S/c1-3-9-4-6-10(7-5-9)18-14-12(15(19)20-2)13(17)11(8-16)21-14/h9-10,18H,3-7,17H2,1-2H3. The Bertz CT molecular complexity index is 554. The highest BCUT2D eigenvalue weighted by molar-refractivity contribution is 7.17. The number of carbonyl (C=O) groups is 1. The van der Waals surface area contributed by atoms with E-state index < -0.39 is 5.97 Å². The van der Waals surface area contributed by atoms with Gasteiger partial charge in [0.1, 0.15) is 21.5 Å². The Balaban J connectivity index is 2.16. The highest BCUT2D eigenvalue weighted by Crippen LogP contribution is 2.38. The van der Waals surface area contributed by atoms with Gasteiger partial charge in [-0.25, -0.2) is 4.79 Å². The number of hydrogen-bond donors (Lipinski definition) is 2. The lowest BCUT2D eigenvalue weighted by Gasteiger charge is -2.28. The number of thiophene rings is 1. The van der Waals surface area contributed by atoms with Crippen molar-refractivity contribution in [2.45, 2.75) is 45.1 Å². The molecule has 1 fully saturated rings. The molecule has 1 aromatic heterocycles. The molecule has 0 saturated heterocycles. The van der Waals surface area contributed by atoms with E-state index >= 15 is 0 Å². The third kappa shape index (κ3) is 3.30. The van der Waals surface area contributed by atoms with Crippen LogP contribution in [0.4, 0.5) is 10.7 Å². The van der Waals surface area contributed by atoms with E-state index in [0.29, 0.717) is 21.5 Å². The third-order valence-corrected chi connectivity index (χ3v) is 5.24. The molecule has 0 unspecified atom stereocenters. The Morgan fingerprint density at radius 1 is 1.48 bits per heavy atom. The van der Waals surface area contributed by atoms with Crippen LogP contribution in [0.5, 0.6) is 0 Å². The number of hydrogen-bond acceptors (Lipinski definition) is 6. The summed E-state index contributed by atoms with van der Waals surface area (Å²) in [7, 11) is 1.32. The first-order valence-electron chi connectivity index (χ1n) is 7.27. The molecule has 6 heteroatoms. The lowest BCUT2D eigenvalue weighted by molar-refractivity contribution is 0.0603. The first-order valence-corrected chi connectivity index (χ1v) is 8.09. The lowest BCUT2D eigenvalue weighted by Crippen LogP contribution is -2.26. The van der Waals surface area contributed by atoms with Crippen molar-refractivity contribution < 1.29 is 9.53 Å². The average Bonchev–Trinajstić information content (AvgIpc) is 2.83. The first kappa shape index (κ1) is 15.6. The number of nitrogen functional groups attached to an aromatic ring is 1. The molecular formula is C15H21N3O2S. The normalized spacial score (nSPS) is 21.6. The van der Waals surface area contributed by atoms with Crippen molar-refractivity contribution in [1.82, 2.24) is 0 Å². The minimum atomic E-state index is -0.491. The molecular weight excluding hydrogens is 286 g/mol. The van der Waals surface area contributed by atoms with Crippen LogP contribution in [0, 0.1) is 17.2 Å². The fraction of sp³-hybridized carbons (Fsp3) is 0.600.